The Morgan fingerprint density at radius 2 is 2.32 bits per heavy atom. The van der Waals surface area contributed by atoms with Gasteiger partial charge in [-0.3, -0.25) is 9.78 Å². The minimum atomic E-state index is -0.226. The molecule has 2 aromatic rings. The van der Waals surface area contributed by atoms with Gasteiger partial charge < -0.3 is 9.73 Å². The molecule has 0 aliphatic rings. The molecule has 100 valence electrons. The van der Waals surface area contributed by atoms with E-state index in [1.165, 1.54) is 0 Å². The first-order valence-electron chi connectivity index (χ1n) is 6.04. The van der Waals surface area contributed by atoms with Crippen LogP contribution in [0.2, 0.25) is 0 Å². The number of halogens is 1. The van der Waals surface area contributed by atoms with Crippen LogP contribution in [0.4, 0.5) is 0 Å². The molecule has 0 spiro atoms. The lowest BCUT2D eigenvalue weighted by Crippen LogP contribution is -2.25. The number of nitrogens with zero attached hydrogens (tertiary/aromatic N) is 1. The number of carbonyl (C=O) groups excluding carboxylic acids is 1. The highest BCUT2D eigenvalue weighted by Crippen LogP contribution is 2.16. The molecule has 2 aromatic heterocycles. The SMILES string of the molecule is Cc1oc(C(=O)NCCc2ccccn2)cc1CCl. The van der Waals surface area contributed by atoms with E-state index in [9.17, 15) is 4.79 Å². The number of carbonyl (C=O) groups is 1. The summed E-state index contributed by atoms with van der Waals surface area (Å²) in [5.74, 6) is 1.10. The smallest absolute Gasteiger partial charge is 0.287 e. The molecule has 0 saturated heterocycles. The fraction of sp³-hybridized carbons (Fsp3) is 0.286. The fourth-order valence-corrected chi connectivity index (χ4v) is 1.97. The summed E-state index contributed by atoms with van der Waals surface area (Å²) >= 11 is 5.73. The lowest BCUT2D eigenvalue weighted by Gasteiger charge is -2.02. The predicted octanol–water partition coefficient (Wildman–Crippen LogP) is 2.69. The number of aromatic nitrogens is 1. The molecule has 0 atom stereocenters. The zero-order chi connectivity index (χ0) is 13.7. The molecule has 5 heteroatoms. The van der Waals surface area contributed by atoms with Gasteiger partial charge in [0.05, 0.1) is 5.88 Å². The van der Waals surface area contributed by atoms with Crippen LogP contribution in [-0.2, 0) is 12.3 Å². The Kier molecular flexibility index (Phi) is 4.58. The summed E-state index contributed by atoms with van der Waals surface area (Å²) < 4.78 is 5.36. The number of aryl methyl sites for hydroxylation is 1. The van der Waals surface area contributed by atoms with Crippen molar-refractivity contribution in [3.05, 3.63) is 53.2 Å². The van der Waals surface area contributed by atoms with Crippen molar-refractivity contribution in [3.8, 4) is 0 Å². The zero-order valence-electron chi connectivity index (χ0n) is 10.6. The summed E-state index contributed by atoms with van der Waals surface area (Å²) in [6.45, 7) is 2.31. The third-order valence-electron chi connectivity index (χ3n) is 2.78. The monoisotopic (exact) mass is 278 g/mol. The highest BCUT2D eigenvalue weighted by molar-refractivity contribution is 6.17. The first-order chi connectivity index (χ1) is 9.20. The van der Waals surface area contributed by atoms with E-state index in [1.807, 2.05) is 18.2 Å². The van der Waals surface area contributed by atoms with E-state index in [0.717, 1.165) is 11.3 Å². The third kappa shape index (κ3) is 3.58. The van der Waals surface area contributed by atoms with Crippen molar-refractivity contribution in [2.24, 2.45) is 0 Å². The van der Waals surface area contributed by atoms with Crippen LogP contribution in [0.5, 0.6) is 0 Å². The van der Waals surface area contributed by atoms with Crippen molar-refractivity contribution >= 4 is 17.5 Å². The molecule has 2 rings (SSSR count). The average Bonchev–Trinajstić information content (AvgIpc) is 2.81. The van der Waals surface area contributed by atoms with Crippen molar-refractivity contribution in [2.75, 3.05) is 6.54 Å². The van der Waals surface area contributed by atoms with Crippen LogP contribution < -0.4 is 5.32 Å². The molecule has 1 amide bonds. The van der Waals surface area contributed by atoms with Crippen LogP contribution in [-0.4, -0.2) is 17.4 Å². The summed E-state index contributed by atoms with van der Waals surface area (Å²) in [5.41, 5.74) is 1.79. The van der Waals surface area contributed by atoms with E-state index >= 15 is 0 Å². The minimum Gasteiger partial charge on any atom is -0.456 e. The maximum Gasteiger partial charge on any atom is 0.287 e. The van der Waals surface area contributed by atoms with E-state index in [0.29, 0.717) is 30.4 Å². The summed E-state index contributed by atoms with van der Waals surface area (Å²) in [4.78, 5) is 16.0. The van der Waals surface area contributed by atoms with Crippen molar-refractivity contribution in [1.82, 2.24) is 10.3 Å². The topological polar surface area (TPSA) is 55.1 Å². The summed E-state index contributed by atoms with van der Waals surface area (Å²) in [5, 5.41) is 2.80. The third-order valence-corrected chi connectivity index (χ3v) is 3.07. The first-order valence-corrected chi connectivity index (χ1v) is 6.57. The Hall–Kier alpha value is -1.81. The Morgan fingerprint density at radius 3 is 2.95 bits per heavy atom. The number of hydrogen-bond acceptors (Lipinski definition) is 3. The lowest BCUT2D eigenvalue weighted by molar-refractivity contribution is 0.0925. The Morgan fingerprint density at radius 1 is 1.47 bits per heavy atom. The van der Waals surface area contributed by atoms with Crippen molar-refractivity contribution < 1.29 is 9.21 Å². The Balaban J connectivity index is 1.87. The summed E-state index contributed by atoms with van der Waals surface area (Å²) in [7, 11) is 0. The van der Waals surface area contributed by atoms with Gasteiger partial charge in [0.15, 0.2) is 5.76 Å². The zero-order valence-corrected chi connectivity index (χ0v) is 11.4. The van der Waals surface area contributed by atoms with Gasteiger partial charge in [0.2, 0.25) is 0 Å². The molecule has 0 aliphatic heterocycles. The number of rotatable bonds is 5. The van der Waals surface area contributed by atoms with Crippen LogP contribution in [0, 0.1) is 6.92 Å². The van der Waals surface area contributed by atoms with Crippen LogP contribution in [0.15, 0.2) is 34.9 Å². The molecule has 0 bridgehead atoms. The van der Waals surface area contributed by atoms with Gasteiger partial charge in [-0.05, 0) is 25.1 Å². The molecule has 0 aliphatic carbocycles. The van der Waals surface area contributed by atoms with Gasteiger partial charge in [-0.15, -0.1) is 11.6 Å². The number of furan rings is 1. The van der Waals surface area contributed by atoms with Crippen molar-refractivity contribution in [3.63, 3.8) is 0 Å². The number of nitrogens with one attached hydrogen (secondary N) is 1. The molecule has 0 aromatic carbocycles. The number of pyridine rings is 1. The second-order valence-electron chi connectivity index (χ2n) is 4.15. The van der Waals surface area contributed by atoms with Crippen LogP contribution >= 0.6 is 11.6 Å². The minimum absolute atomic E-state index is 0.226. The number of alkyl halides is 1. The van der Waals surface area contributed by atoms with E-state index < -0.39 is 0 Å². The second-order valence-corrected chi connectivity index (χ2v) is 4.42. The highest BCUT2D eigenvalue weighted by Gasteiger charge is 2.13. The molecular weight excluding hydrogens is 264 g/mol. The molecule has 19 heavy (non-hydrogen) atoms. The first kappa shape index (κ1) is 13.6. The quantitative estimate of drug-likeness (QED) is 0.856. The maximum atomic E-state index is 11.8. The van der Waals surface area contributed by atoms with Crippen LogP contribution in [0.25, 0.3) is 0 Å². The van der Waals surface area contributed by atoms with E-state index in [-0.39, 0.29) is 5.91 Å². The molecule has 0 unspecified atom stereocenters. The van der Waals surface area contributed by atoms with Gasteiger partial charge in [0.25, 0.3) is 5.91 Å². The van der Waals surface area contributed by atoms with E-state index in [2.05, 4.69) is 10.3 Å². The molecule has 0 fully saturated rings. The van der Waals surface area contributed by atoms with Gasteiger partial charge in [-0.1, -0.05) is 6.07 Å². The normalized spacial score (nSPS) is 10.4. The van der Waals surface area contributed by atoms with Gasteiger partial charge in [-0.25, -0.2) is 0 Å². The lowest BCUT2D eigenvalue weighted by atomic mass is 10.2. The van der Waals surface area contributed by atoms with Gasteiger partial charge in [0.1, 0.15) is 5.76 Å². The maximum absolute atomic E-state index is 11.8. The van der Waals surface area contributed by atoms with Crippen molar-refractivity contribution in [2.45, 2.75) is 19.2 Å². The standard InChI is InChI=1S/C14H15ClN2O2/c1-10-11(9-15)8-13(19-10)14(18)17-7-5-12-4-2-3-6-16-12/h2-4,6,8H,5,7,9H2,1H3,(H,17,18). The fourth-order valence-electron chi connectivity index (χ4n) is 1.70. The summed E-state index contributed by atoms with van der Waals surface area (Å²) in [6, 6.07) is 7.39. The largest absolute Gasteiger partial charge is 0.456 e. The van der Waals surface area contributed by atoms with Gasteiger partial charge in [0, 0.05) is 30.4 Å². The summed E-state index contributed by atoms with van der Waals surface area (Å²) in [6.07, 6.45) is 2.43. The van der Waals surface area contributed by atoms with Crippen LogP contribution in [0.3, 0.4) is 0 Å². The second kappa shape index (κ2) is 6.38. The molecular formula is C14H15ClN2O2. The van der Waals surface area contributed by atoms with E-state index in [1.54, 1.807) is 19.2 Å². The van der Waals surface area contributed by atoms with E-state index in [4.69, 9.17) is 16.0 Å². The Labute approximate surface area is 116 Å². The number of hydrogen-bond donors (Lipinski definition) is 1. The Bertz CT molecular complexity index is 552. The van der Waals surface area contributed by atoms with Gasteiger partial charge >= 0.3 is 0 Å². The number of amides is 1. The van der Waals surface area contributed by atoms with Gasteiger partial charge in [-0.2, -0.15) is 0 Å². The molecule has 0 saturated carbocycles. The van der Waals surface area contributed by atoms with Crippen LogP contribution in [0.1, 0.15) is 27.6 Å². The molecule has 0 radical (unpaired) electrons. The molecule has 2 heterocycles. The average molecular weight is 279 g/mol. The van der Waals surface area contributed by atoms with Crippen molar-refractivity contribution in [1.29, 1.82) is 0 Å². The highest BCUT2D eigenvalue weighted by atomic mass is 35.5. The molecule has 4 nitrogen and oxygen atoms in total. The predicted molar refractivity (Wildman–Crippen MR) is 73.3 cm³/mol. The molecule has 1 N–H and O–H groups in total.